The third kappa shape index (κ3) is 1.45. The van der Waals surface area contributed by atoms with Crippen LogP contribution in [-0.2, 0) is 6.42 Å². The van der Waals surface area contributed by atoms with Gasteiger partial charge in [-0.2, -0.15) is 0 Å². The predicted molar refractivity (Wildman–Crippen MR) is 56.8 cm³/mol. The van der Waals surface area contributed by atoms with Gasteiger partial charge in [-0.25, -0.2) is 0 Å². The van der Waals surface area contributed by atoms with E-state index in [2.05, 4.69) is 22.0 Å². The quantitative estimate of drug-likeness (QED) is 0.810. The predicted octanol–water partition coefficient (Wildman–Crippen LogP) is 2.89. The van der Waals surface area contributed by atoms with E-state index in [4.69, 9.17) is 5.73 Å². The molecule has 1 aromatic rings. The number of aryl methyl sites for hydroxylation is 1. The van der Waals surface area contributed by atoms with Crippen molar-refractivity contribution < 1.29 is 0 Å². The molecule has 2 N–H and O–H groups in total. The standard InChI is InChI=1S/C9H12BrNS/c10-8-4-6-2-1-3-7(5-11)9(6)12-8/h4,7H,1-3,5,11H2. The fourth-order valence-electron chi connectivity index (χ4n) is 1.84. The Morgan fingerprint density at radius 2 is 2.50 bits per heavy atom. The minimum absolute atomic E-state index is 0.630. The van der Waals surface area contributed by atoms with Crippen LogP contribution in [0, 0.1) is 0 Å². The van der Waals surface area contributed by atoms with Gasteiger partial charge < -0.3 is 5.73 Å². The second-order valence-corrected chi connectivity index (χ2v) is 5.73. The lowest BCUT2D eigenvalue weighted by atomic mass is 9.90. The van der Waals surface area contributed by atoms with Crippen molar-refractivity contribution >= 4 is 27.3 Å². The first-order valence-corrected chi connectivity index (χ1v) is 5.90. The van der Waals surface area contributed by atoms with Gasteiger partial charge in [-0.15, -0.1) is 11.3 Å². The fourth-order valence-corrected chi connectivity index (χ4v) is 3.73. The second-order valence-electron chi connectivity index (χ2n) is 3.26. The molecule has 0 aromatic carbocycles. The van der Waals surface area contributed by atoms with Crippen LogP contribution >= 0.6 is 27.3 Å². The summed E-state index contributed by atoms with van der Waals surface area (Å²) >= 11 is 5.39. The van der Waals surface area contributed by atoms with E-state index in [-0.39, 0.29) is 0 Å². The van der Waals surface area contributed by atoms with E-state index in [9.17, 15) is 0 Å². The van der Waals surface area contributed by atoms with Gasteiger partial charge in [0.15, 0.2) is 0 Å². The zero-order chi connectivity index (χ0) is 8.55. The van der Waals surface area contributed by atoms with Crippen molar-refractivity contribution in [3.8, 4) is 0 Å². The van der Waals surface area contributed by atoms with Crippen molar-refractivity contribution in [2.45, 2.75) is 25.2 Å². The van der Waals surface area contributed by atoms with E-state index < -0.39 is 0 Å². The lowest BCUT2D eigenvalue weighted by molar-refractivity contribution is 0.571. The highest BCUT2D eigenvalue weighted by Crippen LogP contribution is 2.38. The SMILES string of the molecule is NCC1CCCc2cc(Br)sc21. The first-order chi connectivity index (χ1) is 5.81. The van der Waals surface area contributed by atoms with E-state index in [1.165, 1.54) is 33.5 Å². The number of rotatable bonds is 1. The molecular weight excluding hydrogens is 234 g/mol. The average molecular weight is 246 g/mol. The van der Waals surface area contributed by atoms with Crippen LogP contribution in [-0.4, -0.2) is 6.54 Å². The minimum atomic E-state index is 0.630. The zero-order valence-electron chi connectivity index (χ0n) is 6.85. The highest BCUT2D eigenvalue weighted by Gasteiger charge is 2.21. The molecule has 0 spiro atoms. The van der Waals surface area contributed by atoms with Gasteiger partial charge in [-0.1, -0.05) is 0 Å². The monoisotopic (exact) mass is 245 g/mol. The molecule has 0 saturated carbocycles. The van der Waals surface area contributed by atoms with Crippen LogP contribution in [0.3, 0.4) is 0 Å². The summed E-state index contributed by atoms with van der Waals surface area (Å²) in [7, 11) is 0. The second kappa shape index (κ2) is 3.48. The summed E-state index contributed by atoms with van der Waals surface area (Å²) in [4.78, 5) is 1.52. The summed E-state index contributed by atoms with van der Waals surface area (Å²) in [6.45, 7) is 0.806. The summed E-state index contributed by atoms with van der Waals surface area (Å²) in [5, 5.41) is 0. The largest absolute Gasteiger partial charge is 0.330 e. The smallest absolute Gasteiger partial charge is 0.0704 e. The first kappa shape index (κ1) is 8.73. The molecule has 1 aliphatic rings. The number of fused-ring (bicyclic) bond motifs is 1. The number of thiophene rings is 1. The highest BCUT2D eigenvalue weighted by atomic mass is 79.9. The molecule has 2 rings (SSSR count). The summed E-state index contributed by atoms with van der Waals surface area (Å²) in [6.07, 6.45) is 3.82. The lowest BCUT2D eigenvalue weighted by Crippen LogP contribution is -2.16. The molecule has 1 atom stereocenters. The van der Waals surface area contributed by atoms with Crippen LogP contribution in [0.2, 0.25) is 0 Å². The Morgan fingerprint density at radius 3 is 3.25 bits per heavy atom. The summed E-state index contributed by atoms with van der Waals surface area (Å²) in [5.74, 6) is 0.630. The first-order valence-electron chi connectivity index (χ1n) is 4.29. The van der Waals surface area contributed by atoms with Crippen molar-refractivity contribution in [1.82, 2.24) is 0 Å². The van der Waals surface area contributed by atoms with Crippen LogP contribution in [0.4, 0.5) is 0 Å². The molecule has 3 heteroatoms. The molecule has 1 aromatic heterocycles. The van der Waals surface area contributed by atoms with Crippen molar-refractivity contribution in [3.05, 3.63) is 20.3 Å². The van der Waals surface area contributed by atoms with Crippen LogP contribution in [0.1, 0.15) is 29.2 Å². The molecule has 12 heavy (non-hydrogen) atoms. The fraction of sp³-hybridized carbons (Fsp3) is 0.556. The summed E-state index contributed by atoms with van der Waals surface area (Å²) in [6, 6.07) is 2.25. The molecule has 66 valence electrons. The molecule has 0 fully saturated rings. The summed E-state index contributed by atoms with van der Waals surface area (Å²) < 4.78 is 1.26. The van der Waals surface area contributed by atoms with Gasteiger partial charge in [-0.05, 0) is 53.4 Å². The van der Waals surface area contributed by atoms with Crippen LogP contribution < -0.4 is 5.73 Å². The highest BCUT2D eigenvalue weighted by molar-refractivity contribution is 9.11. The van der Waals surface area contributed by atoms with E-state index in [0.717, 1.165) is 6.54 Å². The Morgan fingerprint density at radius 1 is 1.67 bits per heavy atom. The molecular formula is C9H12BrNS. The Hall–Kier alpha value is 0.140. The third-order valence-corrected chi connectivity index (χ3v) is 4.31. The van der Waals surface area contributed by atoms with Gasteiger partial charge in [0.05, 0.1) is 3.79 Å². The van der Waals surface area contributed by atoms with E-state index in [1.807, 2.05) is 11.3 Å². The number of halogens is 1. The van der Waals surface area contributed by atoms with E-state index in [0.29, 0.717) is 5.92 Å². The van der Waals surface area contributed by atoms with Crippen molar-refractivity contribution in [1.29, 1.82) is 0 Å². The molecule has 0 aliphatic heterocycles. The average Bonchev–Trinajstić information content (AvgIpc) is 2.44. The van der Waals surface area contributed by atoms with Crippen molar-refractivity contribution in [3.63, 3.8) is 0 Å². The Bertz CT molecular complexity index is 282. The van der Waals surface area contributed by atoms with E-state index in [1.54, 1.807) is 0 Å². The van der Waals surface area contributed by atoms with Gasteiger partial charge in [-0.3, -0.25) is 0 Å². The van der Waals surface area contributed by atoms with Crippen molar-refractivity contribution in [2.24, 2.45) is 5.73 Å². The zero-order valence-corrected chi connectivity index (χ0v) is 9.25. The van der Waals surface area contributed by atoms with Crippen LogP contribution in [0.25, 0.3) is 0 Å². The van der Waals surface area contributed by atoms with Crippen molar-refractivity contribution in [2.75, 3.05) is 6.54 Å². The van der Waals surface area contributed by atoms with E-state index >= 15 is 0 Å². The normalized spacial score (nSPS) is 22.3. The van der Waals surface area contributed by atoms with Gasteiger partial charge >= 0.3 is 0 Å². The molecule has 0 bridgehead atoms. The topological polar surface area (TPSA) is 26.0 Å². The summed E-state index contributed by atoms with van der Waals surface area (Å²) in [5.41, 5.74) is 7.24. The van der Waals surface area contributed by atoms with Crippen LogP contribution in [0.5, 0.6) is 0 Å². The van der Waals surface area contributed by atoms with Gasteiger partial charge in [0.25, 0.3) is 0 Å². The van der Waals surface area contributed by atoms with Gasteiger partial charge in [0, 0.05) is 10.8 Å². The Kier molecular flexibility index (Phi) is 2.53. The maximum Gasteiger partial charge on any atom is 0.0704 e. The number of hydrogen-bond acceptors (Lipinski definition) is 2. The molecule has 1 heterocycles. The molecule has 1 unspecified atom stereocenters. The van der Waals surface area contributed by atoms with Gasteiger partial charge in [0.1, 0.15) is 0 Å². The molecule has 1 nitrogen and oxygen atoms in total. The van der Waals surface area contributed by atoms with Crippen LogP contribution in [0.15, 0.2) is 9.85 Å². The third-order valence-electron chi connectivity index (χ3n) is 2.47. The molecule has 0 saturated heterocycles. The minimum Gasteiger partial charge on any atom is -0.330 e. The number of hydrogen-bond donors (Lipinski definition) is 1. The maximum absolute atomic E-state index is 5.72. The molecule has 1 aliphatic carbocycles. The molecule has 0 radical (unpaired) electrons. The lowest BCUT2D eigenvalue weighted by Gasteiger charge is -2.20. The maximum atomic E-state index is 5.72. The molecule has 0 amide bonds. The Balaban J connectivity index is 2.36. The Labute approximate surface area is 85.1 Å². The number of nitrogens with two attached hydrogens (primary N) is 1. The van der Waals surface area contributed by atoms with Gasteiger partial charge in [0.2, 0.25) is 0 Å².